The summed E-state index contributed by atoms with van der Waals surface area (Å²) in [4.78, 5) is 14.7. The third-order valence-corrected chi connectivity index (χ3v) is 7.38. The van der Waals surface area contributed by atoms with Crippen LogP contribution in [0.3, 0.4) is 0 Å². The Bertz CT molecular complexity index is 1060. The number of benzene rings is 1. The quantitative estimate of drug-likeness (QED) is 0.683. The number of ether oxygens (including phenoxy) is 1. The number of nitrogens with zero attached hydrogens (tertiary/aromatic N) is 1. The number of halogens is 3. The van der Waals surface area contributed by atoms with Crippen LogP contribution in [-0.2, 0) is 20.8 Å². The van der Waals surface area contributed by atoms with E-state index in [-0.39, 0.29) is 41.2 Å². The number of hydrogen-bond acceptors (Lipinski definition) is 5. The van der Waals surface area contributed by atoms with Crippen molar-refractivity contribution in [3.63, 3.8) is 0 Å². The molecule has 2 aliphatic rings. The minimum atomic E-state index is -4.49. The lowest BCUT2D eigenvalue weighted by molar-refractivity contribution is -0.137. The van der Waals surface area contributed by atoms with Crippen molar-refractivity contribution in [2.24, 2.45) is 0 Å². The van der Waals surface area contributed by atoms with Gasteiger partial charge in [0.15, 0.2) is 15.6 Å². The fourth-order valence-electron chi connectivity index (χ4n) is 4.03. The molecule has 2 saturated heterocycles. The Morgan fingerprint density at radius 3 is 2.61 bits per heavy atom. The van der Waals surface area contributed by atoms with Crippen LogP contribution in [0.15, 0.2) is 40.8 Å². The molecule has 0 spiro atoms. The molecule has 2 aromatic rings. The van der Waals surface area contributed by atoms with Gasteiger partial charge in [-0.1, -0.05) is 12.1 Å². The molecule has 168 valence electrons. The largest absolute Gasteiger partial charge is 0.451 e. The topological polar surface area (TPSA) is 76.8 Å². The maximum Gasteiger partial charge on any atom is 0.416 e. The molecule has 1 aromatic heterocycles. The molecule has 3 heterocycles. The van der Waals surface area contributed by atoms with Gasteiger partial charge in [0.25, 0.3) is 5.91 Å². The first kappa shape index (κ1) is 21.9. The monoisotopic (exact) mass is 457 g/mol. The van der Waals surface area contributed by atoms with Gasteiger partial charge in [0.05, 0.1) is 23.2 Å². The van der Waals surface area contributed by atoms with Gasteiger partial charge in [-0.2, -0.15) is 13.2 Å². The third-order valence-electron chi connectivity index (χ3n) is 5.63. The molecule has 2 aliphatic heterocycles. The maximum atomic E-state index is 13.2. The summed E-state index contributed by atoms with van der Waals surface area (Å²) >= 11 is 0. The molecular weight excluding hydrogens is 435 g/mol. The van der Waals surface area contributed by atoms with Gasteiger partial charge < -0.3 is 14.1 Å². The molecule has 2 atom stereocenters. The van der Waals surface area contributed by atoms with E-state index in [9.17, 15) is 26.4 Å². The van der Waals surface area contributed by atoms with Crippen LogP contribution in [0.2, 0.25) is 0 Å². The minimum Gasteiger partial charge on any atom is -0.451 e. The highest BCUT2D eigenvalue weighted by Gasteiger charge is 2.37. The fraction of sp³-hybridized carbons (Fsp3) is 0.476. The van der Waals surface area contributed by atoms with Gasteiger partial charge in [-0.25, -0.2) is 8.42 Å². The summed E-state index contributed by atoms with van der Waals surface area (Å²) < 4.78 is 74.1. The average Bonchev–Trinajstić information content (AvgIpc) is 3.46. The van der Waals surface area contributed by atoms with Gasteiger partial charge >= 0.3 is 6.18 Å². The van der Waals surface area contributed by atoms with Crippen LogP contribution >= 0.6 is 0 Å². The number of sulfone groups is 1. The summed E-state index contributed by atoms with van der Waals surface area (Å²) in [6.07, 6.45) is -2.69. The van der Waals surface area contributed by atoms with E-state index in [1.807, 2.05) is 0 Å². The summed E-state index contributed by atoms with van der Waals surface area (Å²) in [6.45, 7) is 0.842. The summed E-state index contributed by atoms with van der Waals surface area (Å²) in [5, 5.41) is 0. The summed E-state index contributed by atoms with van der Waals surface area (Å²) in [7, 11) is -3.22. The molecule has 0 bridgehead atoms. The van der Waals surface area contributed by atoms with Gasteiger partial charge in [0.2, 0.25) is 0 Å². The van der Waals surface area contributed by atoms with Crippen LogP contribution < -0.4 is 0 Å². The van der Waals surface area contributed by atoms with E-state index in [1.165, 1.54) is 29.2 Å². The number of rotatable bonds is 5. The normalized spacial score (nSPS) is 23.2. The number of carbonyl (C=O) groups is 1. The van der Waals surface area contributed by atoms with Gasteiger partial charge in [-0.05, 0) is 43.5 Å². The van der Waals surface area contributed by atoms with E-state index < -0.39 is 33.5 Å². The standard InChI is InChI=1S/C21H22F3NO5S/c22-21(23,24)15-4-1-3-14(11-15)18-6-7-19(30-18)20(26)25(12-17-5-2-9-29-17)16-8-10-31(27,28)13-16/h1,3-4,6-7,11,16-17H,2,5,8-10,12-13H2/t16-,17+/m1/s1. The Morgan fingerprint density at radius 1 is 1.16 bits per heavy atom. The van der Waals surface area contributed by atoms with E-state index in [0.29, 0.717) is 13.0 Å². The zero-order chi connectivity index (χ0) is 22.2. The fourth-order valence-corrected chi connectivity index (χ4v) is 5.76. The molecule has 4 rings (SSSR count). The van der Waals surface area contributed by atoms with E-state index in [0.717, 1.165) is 25.0 Å². The predicted molar refractivity (Wildman–Crippen MR) is 106 cm³/mol. The van der Waals surface area contributed by atoms with E-state index >= 15 is 0 Å². The summed E-state index contributed by atoms with van der Waals surface area (Å²) in [5.74, 6) is -0.510. The van der Waals surface area contributed by atoms with E-state index in [1.54, 1.807) is 0 Å². The predicted octanol–water partition coefficient (Wildman–Crippen LogP) is 3.77. The Labute approximate surface area is 177 Å². The Kier molecular flexibility index (Phi) is 5.87. The van der Waals surface area contributed by atoms with E-state index in [2.05, 4.69) is 0 Å². The van der Waals surface area contributed by atoms with Crippen LogP contribution in [0.1, 0.15) is 35.4 Å². The molecule has 2 fully saturated rings. The number of amides is 1. The highest BCUT2D eigenvalue weighted by molar-refractivity contribution is 7.91. The first-order valence-corrected chi connectivity index (χ1v) is 11.8. The van der Waals surface area contributed by atoms with E-state index in [4.69, 9.17) is 9.15 Å². The molecule has 0 aliphatic carbocycles. The van der Waals surface area contributed by atoms with Crippen LogP contribution in [0.25, 0.3) is 11.3 Å². The molecule has 0 saturated carbocycles. The summed E-state index contributed by atoms with van der Waals surface area (Å²) in [6, 6.07) is 7.03. The van der Waals surface area contributed by atoms with Crippen molar-refractivity contribution >= 4 is 15.7 Å². The first-order chi connectivity index (χ1) is 14.6. The summed E-state index contributed by atoms with van der Waals surface area (Å²) in [5.41, 5.74) is -0.617. The van der Waals surface area contributed by atoms with Crippen molar-refractivity contribution in [3.05, 3.63) is 47.7 Å². The number of hydrogen-bond donors (Lipinski definition) is 0. The molecular formula is C21H22F3NO5S. The average molecular weight is 457 g/mol. The van der Waals surface area contributed by atoms with Gasteiger partial charge in [-0.15, -0.1) is 0 Å². The molecule has 1 aromatic carbocycles. The van der Waals surface area contributed by atoms with Crippen LogP contribution in [0.4, 0.5) is 13.2 Å². The number of carbonyl (C=O) groups excluding carboxylic acids is 1. The Morgan fingerprint density at radius 2 is 1.97 bits per heavy atom. The van der Waals surface area contributed by atoms with Crippen molar-refractivity contribution in [3.8, 4) is 11.3 Å². The SMILES string of the molecule is O=C(c1ccc(-c2cccc(C(F)(F)F)c2)o1)N(C[C@@H]1CCCO1)[C@@H]1CCS(=O)(=O)C1. The van der Waals surface area contributed by atoms with Crippen molar-refractivity contribution in [1.29, 1.82) is 0 Å². The van der Waals surface area contributed by atoms with Crippen molar-refractivity contribution in [2.45, 2.75) is 37.6 Å². The molecule has 0 radical (unpaired) electrons. The third kappa shape index (κ3) is 4.95. The molecule has 1 amide bonds. The first-order valence-electron chi connectivity index (χ1n) is 10.0. The molecule has 10 heteroatoms. The van der Waals surface area contributed by atoms with Gasteiger partial charge in [0, 0.05) is 24.8 Å². The number of furan rings is 1. The Balaban J connectivity index is 1.58. The van der Waals surface area contributed by atoms with Crippen LogP contribution in [0.5, 0.6) is 0 Å². The lowest BCUT2D eigenvalue weighted by atomic mass is 10.1. The highest BCUT2D eigenvalue weighted by Crippen LogP contribution is 2.33. The molecule has 6 nitrogen and oxygen atoms in total. The second kappa shape index (κ2) is 8.31. The zero-order valence-corrected chi connectivity index (χ0v) is 17.4. The van der Waals surface area contributed by atoms with Gasteiger partial charge in [-0.3, -0.25) is 4.79 Å². The Hall–Kier alpha value is -2.33. The minimum absolute atomic E-state index is 0.0145. The second-order valence-electron chi connectivity index (χ2n) is 7.89. The lowest BCUT2D eigenvalue weighted by Crippen LogP contribution is -2.45. The highest BCUT2D eigenvalue weighted by atomic mass is 32.2. The van der Waals surface area contributed by atoms with Crippen molar-refractivity contribution in [1.82, 2.24) is 4.90 Å². The molecule has 0 unspecified atom stereocenters. The zero-order valence-electron chi connectivity index (χ0n) is 16.6. The molecule has 0 N–H and O–H groups in total. The van der Waals surface area contributed by atoms with Gasteiger partial charge in [0.1, 0.15) is 5.76 Å². The number of alkyl halides is 3. The van der Waals surface area contributed by atoms with Crippen LogP contribution in [0, 0.1) is 0 Å². The lowest BCUT2D eigenvalue weighted by Gasteiger charge is -2.29. The smallest absolute Gasteiger partial charge is 0.416 e. The van der Waals surface area contributed by atoms with Crippen LogP contribution in [-0.4, -0.2) is 56.0 Å². The van der Waals surface area contributed by atoms with Crippen molar-refractivity contribution < 1.29 is 35.5 Å². The maximum absolute atomic E-state index is 13.2. The van der Waals surface area contributed by atoms with Crippen molar-refractivity contribution in [2.75, 3.05) is 24.7 Å². The molecule has 31 heavy (non-hydrogen) atoms. The second-order valence-corrected chi connectivity index (χ2v) is 10.1.